The molecule has 0 aromatic heterocycles. The molecule has 6 heteroatoms. The number of alkyl halides is 1. The summed E-state index contributed by atoms with van der Waals surface area (Å²) >= 11 is 0. The van der Waals surface area contributed by atoms with Gasteiger partial charge in [0.2, 0.25) is 6.17 Å². The lowest BCUT2D eigenvalue weighted by Gasteiger charge is -2.10. The summed E-state index contributed by atoms with van der Waals surface area (Å²) in [6.07, 6.45) is -1.60. The molecule has 76 valence electrons. The lowest BCUT2D eigenvalue weighted by atomic mass is 10.0. The molecule has 1 aliphatic rings. The Bertz CT molecular complexity index is 298. The first-order valence-electron chi connectivity index (χ1n) is 3.88. The molecule has 2 unspecified atom stereocenters. The van der Waals surface area contributed by atoms with Crippen LogP contribution < -0.4 is 0 Å². The number of esters is 1. The van der Waals surface area contributed by atoms with Gasteiger partial charge in [0, 0.05) is 5.92 Å². The lowest BCUT2D eigenvalue weighted by Crippen LogP contribution is -2.27. The van der Waals surface area contributed by atoms with Crippen molar-refractivity contribution in [3.8, 4) is 0 Å². The molecular formula is C7H11FO4S. The number of ether oxygens (including phenoxy) is 1. The number of methoxy groups -OCH3 is 1. The Kier molecular flexibility index (Phi) is 2.90. The summed E-state index contributed by atoms with van der Waals surface area (Å²) in [6.45, 7) is 0. The van der Waals surface area contributed by atoms with E-state index in [-0.39, 0.29) is 17.9 Å². The van der Waals surface area contributed by atoms with Crippen molar-refractivity contribution in [2.24, 2.45) is 5.92 Å². The molecule has 0 aromatic carbocycles. The van der Waals surface area contributed by atoms with E-state index < -0.39 is 27.9 Å². The zero-order valence-corrected chi connectivity index (χ0v) is 8.01. The first kappa shape index (κ1) is 10.4. The SMILES string of the molecule is COC(=O)C(F)C1CCS(=O)(=O)C1. The highest BCUT2D eigenvalue weighted by Gasteiger charge is 2.37. The van der Waals surface area contributed by atoms with Crippen LogP contribution in [0, 0.1) is 5.92 Å². The summed E-state index contributed by atoms with van der Waals surface area (Å²) in [5, 5.41) is 0. The monoisotopic (exact) mass is 210 g/mol. The van der Waals surface area contributed by atoms with Crippen LogP contribution in [-0.2, 0) is 19.4 Å². The summed E-state index contributed by atoms with van der Waals surface area (Å²) < 4.78 is 39.2. The minimum absolute atomic E-state index is 0.0327. The summed E-state index contributed by atoms with van der Waals surface area (Å²) in [5.74, 6) is -1.99. The molecule has 2 atom stereocenters. The van der Waals surface area contributed by atoms with E-state index in [0.29, 0.717) is 0 Å². The quantitative estimate of drug-likeness (QED) is 0.599. The van der Waals surface area contributed by atoms with Gasteiger partial charge >= 0.3 is 5.97 Å². The van der Waals surface area contributed by atoms with Crippen molar-refractivity contribution in [1.82, 2.24) is 0 Å². The smallest absolute Gasteiger partial charge is 0.340 e. The van der Waals surface area contributed by atoms with Gasteiger partial charge < -0.3 is 4.74 Å². The Morgan fingerprint density at radius 2 is 2.23 bits per heavy atom. The topological polar surface area (TPSA) is 60.4 Å². The van der Waals surface area contributed by atoms with E-state index >= 15 is 0 Å². The molecule has 0 spiro atoms. The Labute approximate surface area is 76.0 Å². The van der Waals surface area contributed by atoms with Crippen molar-refractivity contribution in [3.05, 3.63) is 0 Å². The molecule has 1 rings (SSSR count). The molecule has 1 fully saturated rings. The van der Waals surface area contributed by atoms with Gasteiger partial charge in [-0.15, -0.1) is 0 Å². The average molecular weight is 210 g/mol. The largest absolute Gasteiger partial charge is 0.467 e. The van der Waals surface area contributed by atoms with E-state index in [1.807, 2.05) is 0 Å². The minimum Gasteiger partial charge on any atom is -0.467 e. The summed E-state index contributed by atoms with van der Waals surface area (Å²) in [7, 11) is -2.05. The number of sulfone groups is 1. The number of hydrogen-bond acceptors (Lipinski definition) is 4. The molecule has 0 aliphatic carbocycles. The number of halogens is 1. The fraction of sp³-hybridized carbons (Fsp3) is 0.857. The van der Waals surface area contributed by atoms with Crippen LogP contribution in [0.5, 0.6) is 0 Å². The summed E-state index contributed by atoms with van der Waals surface area (Å²) in [6, 6.07) is 0. The molecule has 0 aromatic rings. The van der Waals surface area contributed by atoms with E-state index in [0.717, 1.165) is 7.11 Å². The molecule has 4 nitrogen and oxygen atoms in total. The molecule has 0 saturated carbocycles. The zero-order chi connectivity index (χ0) is 10.1. The fourth-order valence-corrected chi connectivity index (χ4v) is 3.18. The Morgan fingerprint density at radius 1 is 1.62 bits per heavy atom. The van der Waals surface area contributed by atoms with Crippen LogP contribution in [0.3, 0.4) is 0 Å². The predicted molar refractivity (Wildman–Crippen MR) is 43.7 cm³/mol. The fourth-order valence-electron chi connectivity index (χ4n) is 1.36. The van der Waals surface area contributed by atoms with Gasteiger partial charge in [-0.2, -0.15) is 0 Å². The third-order valence-electron chi connectivity index (χ3n) is 2.11. The minimum atomic E-state index is -3.13. The van der Waals surface area contributed by atoms with Gasteiger partial charge in [-0.3, -0.25) is 0 Å². The molecule has 1 aliphatic heterocycles. The van der Waals surface area contributed by atoms with Crippen LogP contribution in [0.1, 0.15) is 6.42 Å². The normalized spacial score (nSPS) is 28.3. The number of carbonyl (C=O) groups is 1. The van der Waals surface area contributed by atoms with E-state index in [9.17, 15) is 17.6 Å². The standard InChI is InChI=1S/C7H11FO4S/c1-12-7(9)6(8)5-2-3-13(10,11)4-5/h5-6H,2-4H2,1H3. The molecule has 0 radical (unpaired) electrons. The highest BCUT2D eigenvalue weighted by atomic mass is 32.2. The van der Waals surface area contributed by atoms with Crippen LogP contribution in [0.25, 0.3) is 0 Å². The average Bonchev–Trinajstić information content (AvgIpc) is 2.43. The highest BCUT2D eigenvalue weighted by molar-refractivity contribution is 7.91. The molecule has 13 heavy (non-hydrogen) atoms. The lowest BCUT2D eigenvalue weighted by molar-refractivity contribution is -0.148. The molecule has 1 heterocycles. The van der Waals surface area contributed by atoms with Gasteiger partial charge in [-0.1, -0.05) is 0 Å². The summed E-state index contributed by atoms with van der Waals surface area (Å²) in [4.78, 5) is 10.7. The Balaban J connectivity index is 2.61. The van der Waals surface area contributed by atoms with Gasteiger partial charge in [0.1, 0.15) is 0 Å². The Hall–Kier alpha value is -0.650. The molecular weight excluding hydrogens is 199 g/mol. The van der Waals surface area contributed by atoms with Gasteiger partial charge in [0.25, 0.3) is 0 Å². The maximum Gasteiger partial charge on any atom is 0.340 e. The van der Waals surface area contributed by atoms with Gasteiger partial charge in [0.15, 0.2) is 9.84 Å². The maximum atomic E-state index is 13.1. The van der Waals surface area contributed by atoms with Crippen molar-refractivity contribution in [2.75, 3.05) is 18.6 Å². The van der Waals surface area contributed by atoms with Crippen LogP contribution in [-0.4, -0.2) is 39.2 Å². The second kappa shape index (κ2) is 3.61. The van der Waals surface area contributed by atoms with Gasteiger partial charge in [0.05, 0.1) is 18.6 Å². The second-order valence-corrected chi connectivity index (χ2v) is 5.32. The summed E-state index contributed by atoms with van der Waals surface area (Å²) in [5.41, 5.74) is 0. The van der Waals surface area contributed by atoms with Gasteiger partial charge in [-0.25, -0.2) is 17.6 Å². The van der Waals surface area contributed by atoms with E-state index in [1.54, 1.807) is 0 Å². The van der Waals surface area contributed by atoms with Crippen LogP contribution >= 0.6 is 0 Å². The van der Waals surface area contributed by atoms with Crippen LogP contribution in [0.15, 0.2) is 0 Å². The maximum absolute atomic E-state index is 13.1. The van der Waals surface area contributed by atoms with Gasteiger partial charge in [-0.05, 0) is 6.42 Å². The van der Waals surface area contributed by atoms with E-state index in [2.05, 4.69) is 4.74 Å². The van der Waals surface area contributed by atoms with Crippen molar-refractivity contribution in [2.45, 2.75) is 12.6 Å². The van der Waals surface area contributed by atoms with E-state index in [1.165, 1.54) is 0 Å². The molecule has 1 saturated heterocycles. The first-order valence-corrected chi connectivity index (χ1v) is 5.71. The van der Waals surface area contributed by atoms with E-state index in [4.69, 9.17) is 0 Å². The van der Waals surface area contributed by atoms with Crippen molar-refractivity contribution in [3.63, 3.8) is 0 Å². The third kappa shape index (κ3) is 2.40. The van der Waals surface area contributed by atoms with Crippen LogP contribution in [0.2, 0.25) is 0 Å². The van der Waals surface area contributed by atoms with Crippen LogP contribution in [0.4, 0.5) is 4.39 Å². The molecule has 0 bridgehead atoms. The second-order valence-electron chi connectivity index (χ2n) is 3.09. The zero-order valence-electron chi connectivity index (χ0n) is 7.20. The molecule has 0 N–H and O–H groups in total. The predicted octanol–water partition coefficient (Wildman–Crippen LogP) is -0.0678. The number of hydrogen-bond donors (Lipinski definition) is 0. The van der Waals surface area contributed by atoms with Crippen molar-refractivity contribution < 1.29 is 22.3 Å². The van der Waals surface area contributed by atoms with Crippen molar-refractivity contribution >= 4 is 15.8 Å². The number of rotatable bonds is 2. The number of carbonyl (C=O) groups excluding carboxylic acids is 1. The van der Waals surface area contributed by atoms with Crippen molar-refractivity contribution in [1.29, 1.82) is 0 Å². The third-order valence-corrected chi connectivity index (χ3v) is 3.90. The highest BCUT2D eigenvalue weighted by Crippen LogP contribution is 2.24. The molecule has 0 amide bonds. The first-order chi connectivity index (χ1) is 5.96. The Morgan fingerprint density at radius 3 is 2.62 bits per heavy atom.